The minimum absolute atomic E-state index is 0.00160. The number of rotatable bonds is 3. The second-order valence-corrected chi connectivity index (χ2v) is 6.16. The normalized spacial score (nSPS) is 13.5. The van der Waals surface area contributed by atoms with E-state index >= 15 is 0 Å². The number of nitrogens with zero attached hydrogens (tertiary/aromatic N) is 1. The third kappa shape index (κ3) is 3.25. The predicted octanol–water partition coefficient (Wildman–Crippen LogP) is 3.65. The molecule has 0 aliphatic carbocycles. The van der Waals surface area contributed by atoms with E-state index in [0.29, 0.717) is 30.3 Å². The highest BCUT2D eigenvalue weighted by Crippen LogP contribution is 2.32. The van der Waals surface area contributed by atoms with Crippen molar-refractivity contribution in [1.29, 1.82) is 0 Å². The topological polar surface area (TPSA) is 29.5 Å². The molecule has 0 radical (unpaired) electrons. The zero-order valence-corrected chi connectivity index (χ0v) is 13.0. The number of hydrogen-bond donors (Lipinski definition) is 0. The fraction of sp³-hybridized carbons (Fsp3) is 0.235. The van der Waals surface area contributed by atoms with E-state index in [9.17, 15) is 9.18 Å². The molecule has 5 heteroatoms. The van der Waals surface area contributed by atoms with Gasteiger partial charge in [0.25, 0.3) is 0 Å². The van der Waals surface area contributed by atoms with E-state index < -0.39 is 0 Å². The van der Waals surface area contributed by atoms with Gasteiger partial charge >= 0.3 is 0 Å². The minimum Gasteiger partial charge on any atom is -0.489 e. The summed E-state index contributed by atoms with van der Waals surface area (Å²) < 4.78 is 18.7. The fourth-order valence-electron chi connectivity index (χ4n) is 2.31. The Bertz CT molecular complexity index is 688. The first-order chi connectivity index (χ1) is 10.6. The van der Waals surface area contributed by atoms with Gasteiger partial charge in [-0.2, -0.15) is 0 Å². The van der Waals surface area contributed by atoms with Crippen LogP contribution in [0.2, 0.25) is 0 Å². The number of amides is 1. The van der Waals surface area contributed by atoms with E-state index in [4.69, 9.17) is 4.74 Å². The molecule has 1 heterocycles. The lowest BCUT2D eigenvalue weighted by atomic mass is 10.2. The molecular formula is C17H16FNO2S. The van der Waals surface area contributed by atoms with Crippen LogP contribution in [0.4, 0.5) is 10.1 Å². The fourth-order valence-corrected chi connectivity index (χ4v) is 3.08. The van der Waals surface area contributed by atoms with E-state index in [1.165, 1.54) is 29.5 Å². The first-order valence-electron chi connectivity index (χ1n) is 7.06. The number of hydrogen-bond acceptors (Lipinski definition) is 3. The van der Waals surface area contributed by atoms with Crippen LogP contribution in [-0.4, -0.2) is 24.8 Å². The zero-order chi connectivity index (χ0) is 15.5. The van der Waals surface area contributed by atoms with Crippen LogP contribution in [0, 0.1) is 12.7 Å². The number of benzene rings is 2. The van der Waals surface area contributed by atoms with Gasteiger partial charge in [0.15, 0.2) is 0 Å². The second-order valence-electron chi connectivity index (χ2n) is 5.11. The Balaban J connectivity index is 1.70. The van der Waals surface area contributed by atoms with Crippen LogP contribution < -0.4 is 9.64 Å². The average molecular weight is 317 g/mol. The van der Waals surface area contributed by atoms with Crippen molar-refractivity contribution >= 4 is 23.4 Å². The van der Waals surface area contributed by atoms with Gasteiger partial charge in [0.1, 0.15) is 18.2 Å². The van der Waals surface area contributed by atoms with E-state index in [-0.39, 0.29) is 11.7 Å². The van der Waals surface area contributed by atoms with Gasteiger partial charge in [-0.15, -0.1) is 11.8 Å². The number of carbonyl (C=O) groups excluding carboxylic acids is 1. The van der Waals surface area contributed by atoms with Gasteiger partial charge in [-0.05, 0) is 31.2 Å². The Morgan fingerprint density at radius 2 is 2.05 bits per heavy atom. The quantitative estimate of drug-likeness (QED) is 0.809. The van der Waals surface area contributed by atoms with Gasteiger partial charge in [0.05, 0.1) is 18.0 Å². The minimum atomic E-state index is -0.359. The van der Waals surface area contributed by atoms with Crippen LogP contribution in [0.15, 0.2) is 47.4 Å². The van der Waals surface area contributed by atoms with Gasteiger partial charge in [0, 0.05) is 11.0 Å². The molecule has 0 N–H and O–H groups in total. The van der Waals surface area contributed by atoms with Crippen molar-refractivity contribution in [3.05, 3.63) is 53.8 Å². The van der Waals surface area contributed by atoms with Crippen molar-refractivity contribution < 1.29 is 13.9 Å². The van der Waals surface area contributed by atoms with Crippen LogP contribution in [0.25, 0.3) is 0 Å². The molecule has 2 aromatic carbocycles. The lowest BCUT2D eigenvalue weighted by molar-refractivity contribution is -0.116. The molecule has 0 saturated carbocycles. The molecule has 1 aliphatic rings. The molecule has 0 spiro atoms. The number of carbonyl (C=O) groups is 1. The number of anilines is 1. The molecule has 0 bridgehead atoms. The van der Waals surface area contributed by atoms with Crippen LogP contribution in [0.3, 0.4) is 0 Å². The summed E-state index contributed by atoms with van der Waals surface area (Å²) >= 11 is 1.50. The van der Waals surface area contributed by atoms with Crippen LogP contribution >= 0.6 is 11.8 Å². The highest BCUT2D eigenvalue weighted by Gasteiger charge is 2.23. The lowest BCUT2D eigenvalue weighted by Gasteiger charge is -2.29. The van der Waals surface area contributed by atoms with Crippen LogP contribution in [0.1, 0.15) is 5.56 Å². The van der Waals surface area contributed by atoms with E-state index in [1.54, 1.807) is 11.0 Å². The Labute approximate surface area is 133 Å². The highest BCUT2D eigenvalue weighted by molar-refractivity contribution is 8.00. The SMILES string of the molecule is Cc1ccc(SCC(=O)N2CCOc3cc(F)ccc32)cc1. The molecule has 0 saturated heterocycles. The Kier molecular flexibility index (Phi) is 4.34. The first-order valence-corrected chi connectivity index (χ1v) is 8.04. The summed E-state index contributed by atoms with van der Waals surface area (Å²) in [5.74, 6) is 0.420. The molecule has 0 atom stereocenters. The maximum Gasteiger partial charge on any atom is 0.237 e. The molecule has 0 unspecified atom stereocenters. The molecular weight excluding hydrogens is 301 g/mol. The molecule has 0 fully saturated rings. The van der Waals surface area contributed by atoms with Crippen molar-refractivity contribution in [2.45, 2.75) is 11.8 Å². The molecule has 2 aromatic rings. The number of fused-ring (bicyclic) bond motifs is 1. The smallest absolute Gasteiger partial charge is 0.237 e. The Morgan fingerprint density at radius 3 is 2.82 bits per heavy atom. The largest absolute Gasteiger partial charge is 0.489 e. The number of halogens is 1. The Hall–Kier alpha value is -2.01. The summed E-state index contributed by atoms with van der Waals surface area (Å²) in [5.41, 5.74) is 1.84. The standard InChI is InChI=1S/C17H16FNO2S/c1-12-2-5-14(6-3-12)22-11-17(20)19-8-9-21-16-10-13(18)4-7-15(16)19/h2-7,10H,8-9,11H2,1H3. The third-order valence-corrected chi connectivity index (χ3v) is 4.47. The summed E-state index contributed by atoms with van der Waals surface area (Å²) in [5, 5.41) is 0. The maximum atomic E-state index is 13.2. The van der Waals surface area contributed by atoms with Gasteiger partial charge in [0.2, 0.25) is 5.91 Å². The molecule has 1 amide bonds. The van der Waals surface area contributed by atoms with Gasteiger partial charge in [-0.25, -0.2) is 4.39 Å². The van der Waals surface area contributed by atoms with Crippen LogP contribution in [0.5, 0.6) is 5.75 Å². The van der Waals surface area contributed by atoms with Crippen LogP contribution in [-0.2, 0) is 4.79 Å². The number of ether oxygens (including phenoxy) is 1. The van der Waals surface area contributed by atoms with E-state index in [2.05, 4.69) is 0 Å². The second kappa shape index (κ2) is 6.40. The van der Waals surface area contributed by atoms with E-state index in [0.717, 1.165) is 4.90 Å². The number of aryl methyl sites for hydroxylation is 1. The van der Waals surface area contributed by atoms with Gasteiger partial charge in [-0.3, -0.25) is 4.79 Å². The lowest BCUT2D eigenvalue weighted by Crippen LogP contribution is -2.39. The predicted molar refractivity (Wildman–Crippen MR) is 86.2 cm³/mol. The third-order valence-electron chi connectivity index (χ3n) is 3.47. The molecule has 3 rings (SSSR count). The highest BCUT2D eigenvalue weighted by atomic mass is 32.2. The summed E-state index contributed by atoms with van der Waals surface area (Å²) in [6.45, 7) is 2.91. The van der Waals surface area contributed by atoms with Crippen molar-refractivity contribution in [2.24, 2.45) is 0 Å². The summed E-state index contributed by atoms with van der Waals surface area (Å²) in [4.78, 5) is 15.2. The van der Waals surface area contributed by atoms with Gasteiger partial charge in [-0.1, -0.05) is 17.7 Å². The molecule has 22 heavy (non-hydrogen) atoms. The molecule has 114 valence electrons. The number of thioether (sulfide) groups is 1. The average Bonchev–Trinajstić information content (AvgIpc) is 2.53. The molecule has 3 nitrogen and oxygen atoms in total. The monoisotopic (exact) mass is 317 g/mol. The molecule has 0 aromatic heterocycles. The van der Waals surface area contributed by atoms with Crippen molar-refractivity contribution in [3.63, 3.8) is 0 Å². The van der Waals surface area contributed by atoms with Crippen molar-refractivity contribution in [1.82, 2.24) is 0 Å². The molecule has 1 aliphatic heterocycles. The Morgan fingerprint density at radius 1 is 1.27 bits per heavy atom. The van der Waals surface area contributed by atoms with Crippen molar-refractivity contribution in [2.75, 3.05) is 23.8 Å². The van der Waals surface area contributed by atoms with E-state index in [1.807, 2.05) is 31.2 Å². The van der Waals surface area contributed by atoms with Gasteiger partial charge < -0.3 is 9.64 Å². The zero-order valence-electron chi connectivity index (χ0n) is 12.2. The maximum absolute atomic E-state index is 13.2. The summed E-state index contributed by atoms with van der Waals surface area (Å²) in [6.07, 6.45) is 0. The first kappa shape index (κ1) is 14.9. The summed E-state index contributed by atoms with van der Waals surface area (Å²) in [6, 6.07) is 12.3. The van der Waals surface area contributed by atoms with Crippen molar-refractivity contribution in [3.8, 4) is 5.75 Å². The summed E-state index contributed by atoms with van der Waals surface area (Å²) in [7, 11) is 0.